The van der Waals surface area contributed by atoms with Gasteiger partial charge in [-0.25, -0.2) is 4.98 Å². The summed E-state index contributed by atoms with van der Waals surface area (Å²) < 4.78 is 0. The van der Waals surface area contributed by atoms with Crippen LogP contribution in [0.5, 0.6) is 0 Å². The predicted octanol–water partition coefficient (Wildman–Crippen LogP) is 0.991. The van der Waals surface area contributed by atoms with Gasteiger partial charge in [-0.05, 0) is 6.92 Å². The molecule has 13 heavy (non-hydrogen) atoms. The maximum Gasteiger partial charge on any atom is 0.290 e. The smallest absolute Gasteiger partial charge is 0.290 e. The zero-order chi connectivity index (χ0) is 9.68. The third-order valence-electron chi connectivity index (χ3n) is 1.72. The lowest BCUT2D eigenvalue weighted by molar-refractivity contribution is 0.839. The van der Waals surface area contributed by atoms with Crippen LogP contribution < -0.4 is 10.5 Å². The van der Waals surface area contributed by atoms with Crippen LogP contribution in [0.25, 0.3) is 0 Å². The number of anilines is 1. The third kappa shape index (κ3) is 2.55. The molecule has 5 heteroatoms. The maximum absolute atomic E-state index is 11.3. The summed E-state index contributed by atoms with van der Waals surface area (Å²) in [4.78, 5) is 19.9. The summed E-state index contributed by atoms with van der Waals surface area (Å²) in [6, 6.07) is 0. The van der Waals surface area contributed by atoms with Gasteiger partial charge in [-0.15, -0.1) is 0 Å². The Hall–Kier alpha value is -0.840. The Morgan fingerprint density at radius 3 is 3.00 bits per heavy atom. The van der Waals surface area contributed by atoms with E-state index in [4.69, 9.17) is 0 Å². The molecule has 0 aliphatic heterocycles. The first-order valence-corrected chi connectivity index (χ1v) is 5.26. The molecule has 1 aromatic rings. The molecule has 0 fully saturated rings. The lowest BCUT2D eigenvalue weighted by Crippen LogP contribution is -2.31. The monoisotopic (exact) mass is 245 g/mol. The molecular weight excluding hydrogens is 234 g/mol. The second kappa shape index (κ2) is 5.01. The number of nitrogens with one attached hydrogen (secondary N) is 1. The van der Waals surface area contributed by atoms with Gasteiger partial charge >= 0.3 is 0 Å². The number of hydrogen-bond acceptors (Lipinski definition) is 3. The lowest BCUT2D eigenvalue weighted by Gasteiger charge is -2.18. The van der Waals surface area contributed by atoms with Crippen LogP contribution in [-0.4, -0.2) is 28.4 Å². The van der Waals surface area contributed by atoms with Crippen molar-refractivity contribution in [2.45, 2.75) is 6.92 Å². The Kier molecular flexibility index (Phi) is 3.95. The van der Waals surface area contributed by atoms with Crippen LogP contribution in [0.15, 0.2) is 17.2 Å². The van der Waals surface area contributed by atoms with E-state index in [2.05, 4.69) is 25.9 Å². The summed E-state index contributed by atoms with van der Waals surface area (Å²) in [6.45, 7) is 3.57. The van der Waals surface area contributed by atoms with Crippen molar-refractivity contribution >= 4 is 21.7 Å². The molecule has 0 aliphatic rings. The SMILES string of the molecule is CCN(CCBr)c1ncc[nH]c1=O. The number of aromatic amines is 1. The Bertz CT molecular complexity index is 312. The second-order valence-corrected chi connectivity index (χ2v) is 3.30. The molecular formula is C8H12BrN3O. The van der Waals surface area contributed by atoms with Gasteiger partial charge in [0.25, 0.3) is 5.56 Å². The van der Waals surface area contributed by atoms with Gasteiger partial charge in [0.2, 0.25) is 0 Å². The molecule has 0 amide bonds. The van der Waals surface area contributed by atoms with E-state index in [-0.39, 0.29) is 5.56 Å². The zero-order valence-corrected chi connectivity index (χ0v) is 9.04. The molecule has 0 unspecified atom stereocenters. The van der Waals surface area contributed by atoms with Crippen LogP contribution >= 0.6 is 15.9 Å². The molecule has 4 nitrogen and oxygen atoms in total. The van der Waals surface area contributed by atoms with Crippen LogP contribution in [-0.2, 0) is 0 Å². The van der Waals surface area contributed by atoms with Crippen molar-refractivity contribution in [3.63, 3.8) is 0 Å². The number of halogens is 1. The van der Waals surface area contributed by atoms with Gasteiger partial charge in [-0.1, -0.05) is 15.9 Å². The van der Waals surface area contributed by atoms with E-state index in [9.17, 15) is 4.79 Å². The average Bonchev–Trinajstić information content (AvgIpc) is 2.16. The topological polar surface area (TPSA) is 49.0 Å². The van der Waals surface area contributed by atoms with E-state index in [0.29, 0.717) is 5.82 Å². The quantitative estimate of drug-likeness (QED) is 0.806. The van der Waals surface area contributed by atoms with Gasteiger partial charge in [0.15, 0.2) is 5.82 Å². The van der Waals surface area contributed by atoms with Gasteiger partial charge in [-0.3, -0.25) is 4.79 Å². The minimum absolute atomic E-state index is 0.134. The molecule has 0 atom stereocenters. The highest BCUT2D eigenvalue weighted by molar-refractivity contribution is 9.09. The summed E-state index contributed by atoms with van der Waals surface area (Å²) in [5.74, 6) is 0.490. The summed E-state index contributed by atoms with van der Waals surface area (Å²) in [7, 11) is 0. The number of H-pyrrole nitrogens is 1. The standard InChI is InChI=1S/C8H12BrN3O/c1-2-12(6-3-9)7-8(13)11-5-4-10-7/h4-5H,2-3,6H2,1H3,(H,11,13). The molecule has 0 aromatic carbocycles. The summed E-state index contributed by atoms with van der Waals surface area (Å²) in [5.41, 5.74) is -0.134. The van der Waals surface area contributed by atoms with Crippen molar-refractivity contribution in [2.24, 2.45) is 0 Å². The molecule has 1 N–H and O–H groups in total. The van der Waals surface area contributed by atoms with Gasteiger partial charge < -0.3 is 9.88 Å². The van der Waals surface area contributed by atoms with E-state index in [0.717, 1.165) is 18.4 Å². The molecule has 72 valence electrons. The summed E-state index contributed by atoms with van der Waals surface area (Å²) in [5, 5.41) is 0.830. The van der Waals surface area contributed by atoms with Crippen molar-refractivity contribution in [3.8, 4) is 0 Å². The van der Waals surface area contributed by atoms with E-state index >= 15 is 0 Å². The fraction of sp³-hybridized carbons (Fsp3) is 0.500. The van der Waals surface area contributed by atoms with Crippen LogP contribution in [0.2, 0.25) is 0 Å². The summed E-state index contributed by atoms with van der Waals surface area (Å²) >= 11 is 3.33. The van der Waals surface area contributed by atoms with Crippen LogP contribution in [0.3, 0.4) is 0 Å². The molecule has 0 spiro atoms. The molecule has 1 rings (SSSR count). The largest absolute Gasteiger partial charge is 0.351 e. The first kappa shape index (κ1) is 10.2. The van der Waals surface area contributed by atoms with Crippen molar-refractivity contribution in [3.05, 3.63) is 22.7 Å². The fourth-order valence-corrected chi connectivity index (χ4v) is 1.51. The number of nitrogens with zero attached hydrogens (tertiary/aromatic N) is 2. The fourth-order valence-electron chi connectivity index (χ4n) is 1.09. The van der Waals surface area contributed by atoms with E-state index in [1.165, 1.54) is 6.20 Å². The minimum atomic E-state index is -0.134. The predicted molar refractivity (Wildman–Crippen MR) is 56.5 cm³/mol. The highest BCUT2D eigenvalue weighted by Gasteiger charge is 2.07. The highest BCUT2D eigenvalue weighted by Crippen LogP contribution is 2.01. The number of rotatable bonds is 4. The molecule has 1 aromatic heterocycles. The van der Waals surface area contributed by atoms with Gasteiger partial charge in [0, 0.05) is 30.8 Å². The van der Waals surface area contributed by atoms with E-state index in [1.54, 1.807) is 6.20 Å². The van der Waals surface area contributed by atoms with Gasteiger partial charge in [0.05, 0.1) is 0 Å². The Labute approximate surface area is 85.1 Å². The van der Waals surface area contributed by atoms with E-state index < -0.39 is 0 Å². The van der Waals surface area contributed by atoms with Crippen LogP contribution in [0, 0.1) is 0 Å². The summed E-state index contributed by atoms with van der Waals surface area (Å²) in [6.07, 6.45) is 3.13. The van der Waals surface area contributed by atoms with Gasteiger partial charge in [-0.2, -0.15) is 0 Å². The molecule has 0 radical (unpaired) electrons. The minimum Gasteiger partial charge on any atom is -0.351 e. The first-order valence-electron chi connectivity index (χ1n) is 4.14. The number of alkyl halides is 1. The Morgan fingerprint density at radius 1 is 1.69 bits per heavy atom. The van der Waals surface area contributed by atoms with E-state index in [1.807, 2.05) is 11.8 Å². The maximum atomic E-state index is 11.3. The Balaban J connectivity index is 2.91. The first-order chi connectivity index (χ1) is 6.29. The second-order valence-electron chi connectivity index (χ2n) is 2.51. The molecule has 0 saturated heterocycles. The molecule has 0 saturated carbocycles. The zero-order valence-electron chi connectivity index (χ0n) is 7.46. The normalized spacial score (nSPS) is 10.0. The van der Waals surface area contributed by atoms with Gasteiger partial charge in [0.1, 0.15) is 0 Å². The van der Waals surface area contributed by atoms with Crippen molar-refractivity contribution in [2.75, 3.05) is 23.3 Å². The number of aromatic nitrogens is 2. The van der Waals surface area contributed by atoms with Crippen molar-refractivity contribution in [1.29, 1.82) is 0 Å². The highest BCUT2D eigenvalue weighted by atomic mass is 79.9. The van der Waals surface area contributed by atoms with Crippen LogP contribution in [0.4, 0.5) is 5.82 Å². The lowest BCUT2D eigenvalue weighted by atomic mass is 10.5. The molecule has 0 aliphatic carbocycles. The molecule has 1 heterocycles. The van der Waals surface area contributed by atoms with Crippen LogP contribution in [0.1, 0.15) is 6.92 Å². The Morgan fingerprint density at radius 2 is 2.46 bits per heavy atom. The third-order valence-corrected chi connectivity index (χ3v) is 2.08. The van der Waals surface area contributed by atoms with Crippen molar-refractivity contribution < 1.29 is 0 Å². The molecule has 0 bridgehead atoms. The average molecular weight is 246 g/mol. The number of hydrogen-bond donors (Lipinski definition) is 1. The van der Waals surface area contributed by atoms with Crippen molar-refractivity contribution in [1.82, 2.24) is 9.97 Å².